The Bertz CT molecular complexity index is 1280. The molecule has 0 spiro atoms. The molecule has 4 fully saturated rings. The van der Waals surface area contributed by atoms with Crippen molar-refractivity contribution < 1.29 is 13.7 Å². The molecule has 2 heterocycles. The molecule has 2 aromatic heterocycles. The van der Waals surface area contributed by atoms with Crippen molar-refractivity contribution in [2.24, 2.45) is 23.7 Å². The van der Waals surface area contributed by atoms with Crippen LogP contribution in [0.1, 0.15) is 48.9 Å². The molecule has 4 saturated carbocycles. The molecule has 0 amide bonds. The van der Waals surface area contributed by atoms with Gasteiger partial charge in [-0.15, -0.1) is 0 Å². The number of hydrogen-bond donors (Lipinski definition) is 1. The van der Waals surface area contributed by atoms with Crippen LogP contribution in [0.2, 0.25) is 0 Å². The summed E-state index contributed by atoms with van der Waals surface area (Å²) in [6, 6.07) is 6.28. The predicted octanol–water partition coefficient (Wildman–Crippen LogP) is 4.74. The van der Waals surface area contributed by atoms with Gasteiger partial charge in [-0.1, -0.05) is 0 Å². The molecular weight excluding hydrogens is 460 g/mol. The van der Waals surface area contributed by atoms with E-state index in [1.807, 2.05) is 36.7 Å². The monoisotopic (exact) mass is 494 g/mol. The molecule has 7 nitrogen and oxygen atoms in total. The second-order valence-corrected chi connectivity index (χ2v) is 12.1. The molecule has 4 aliphatic rings. The normalized spacial score (nSPS) is 27.8. The molecule has 7 rings (SSSR count). The Morgan fingerprint density at radius 2 is 1.77 bits per heavy atom. The van der Waals surface area contributed by atoms with E-state index in [0.717, 1.165) is 51.2 Å². The Morgan fingerprint density at radius 1 is 1.06 bits per heavy atom. The van der Waals surface area contributed by atoms with Crippen molar-refractivity contribution in [3.05, 3.63) is 41.2 Å². The van der Waals surface area contributed by atoms with E-state index in [1.165, 1.54) is 32.1 Å². The number of ether oxygens (including phenoxy) is 2. The molecule has 8 heteroatoms. The number of rotatable bonds is 7. The number of aromatic nitrogens is 3. The number of nitrogens with zero attached hydrogens (tertiary/aromatic N) is 3. The Kier molecular flexibility index (Phi) is 5.74. The topological polar surface area (TPSA) is 78.3 Å². The molecule has 35 heavy (non-hydrogen) atoms. The molecule has 1 atom stereocenters. The van der Waals surface area contributed by atoms with Gasteiger partial charge in [-0.05, 0) is 81.8 Å². The zero-order chi connectivity index (χ0) is 24.3. The third kappa shape index (κ3) is 3.90. The van der Waals surface area contributed by atoms with Crippen molar-refractivity contribution in [1.29, 1.82) is 0 Å². The van der Waals surface area contributed by atoms with Gasteiger partial charge in [0.1, 0.15) is 11.5 Å². The van der Waals surface area contributed by atoms with Crippen LogP contribution in [0.4, 0.5) is 0 Å². The number of nitrogens with one attached hydrogen (secondary N) is 1. The largest absolute Gasteiger partial charge is 0.497 e. The molecule has 4 bridgehead atoms. The summed E-state index contributed by atoms with van der Waals surface area (Å²) in [7, 11) is 1.93. The van der Waals surface area contributed by atoms with Gasteiger partial charge < -0.3 is 14.9 Å². The van der Waals surface area contributed by atoms with Crippen LogP contribution in [0.15, 0.2) is 29.6 Å². The lowest BCUT2D eigenvalue weighted by Crippen LogP contribution is -2.53. The minimum Gasteiger partial charge on any atom is -0.497 e. The Hall–Kier alpha value is -2.61. The molecule has 1 N–H and O–H groups in total. The number of fused-ring (bicyclic) bond motifs is 1. The fraction of sp³-hybridized carbons (Fsp3) is 0.556. The van der Waals surface area contributed by atoms with Crippen LogP contribution in [0.25, 0.3) is 11.0 Å². The molecule has 1 unspecified atom stereocenters. The number of imidazole rings is 1. The highest BCUT2D eigenvalue weighted by molar-refractivity contribution is 7.84. The lowest BCUT2D eigenvalue weighted by Gasteiger charge is -2.54. The van der Waals surface area contributed by atoms with E-state index < -0.39 is 10.8 Å². The summed E-state index contributed by atoms with van der Waals surface area (Å²) in [5.41, 5.74) is 8.25. The second kappa shape index (κ2) is 8.80. The minimum absolute atomic E-state index is 0.284. The maximum atomic E-state index is 13.8. The number of benzene rings is 1. The lowest BCUT2D eigenvalue weighted by atomic mass is 9.54. The summed E-state index contributed by atoms with van der Waals surface area (Å²) < 4.78 is 26.8. The summed E-state index contributed by atoms with van der Waals surface area (Å²) in [4.78, 5) is 9.44. The van der Waals surface area contributed by atoms with Crippen LogP contribution < -0.4 is 14.9 Å². The third-order valence-corrected chi connectivity index (χ3v) is 9.77. The van der Waals surface area contributed by atoms with E-state index in [0.29, 0.717) is 23.0 Å². The van der Waals surface area contributed by atoms with Gasteiger partial charge in [0.2, 0.25) is 5.16 Å². The van der Waals surface area contributed by atoms with E-state index in [1.54, 1.807) is 20.4 Å². The van der Waals surface area contributed by atoms with Crippen LogP contribution in [-0.4, -0.2) is 39.1 Å². The van der Waals surface area contributed by atoms with Crippen LogP contribution in [-0.2, 0) is 16.6 Å². The fourth-order valence-electron chi connectivity index (χ4n) is 7.13. The molecule has 1 aromatic carbocycles. The summed E-state index contributed by atoms with van der Waals surface area (Å²) in [5, 5.41) is 0.544. The van der Waals surface area contributed by atoms with E-state index in [-0.39, 0.29) is 5.75 Å². The standard InChI is InChI=1S/C27H34N4O3S/c1-15-13-28-23(16(2)26(15)34-4)14-35(32)27-29-22-12-21(33-3)5-6-24(22)31(27)30-25-19-8-17-7-18(10-19)11-20(25)9-17/h5-6,12-13,17-20,25,30H,7-11,14H2,1-4H3. The maximum absolute atomic E-state index is 13.8. The van der Waals surface area contributed by atoms with Crippen molar-refractivity contribution in [2.45, 2.75) is 62.9 Å². The molecular formula is C27H34N4O3S. The SMILES string of the molecule is COc1ccc2c(c1)nc(S(=O)Cc1ncc(C)c(OC)c1C)n2NC1C2CC3CC(C2)CC1C3. The highest BCUT2D eigenvalue weighted by atomic mass is 32.2. The average Bonchev–Trinajstić information content (AvgIpc) is 3.20. The van der Waals surface area contributed by atoms with E-state index >= 15 is 0 Å². The zero-order valence-corrected chi connectivity index (χ0v) is 21.7. The van der Waals surface area contributed by atoms with Gasteiger partial charge >= 0.3 is 0 Å². The first-order chi connectivity index (χ1) is 16.9. The van der Waals surface area contributed by atoms with Gasteiger partial charge in [0.05, 0.1) is 47.5 Å². The van der Waals surface area contributed by atoms with Crippen molar-refractivity contribution in [3.63, 3.8) is 0 Å². The smallest absolute Gasteiger partial charge is 0.219 e. The summed E-state index contributed by atoms with van der Waals surface area (Å²) in [5.74, 6) is 5.01. The van der Waals surface area contributed by atoms with Gasteiger partial charge in [-0.2, -0.15) is 0 Å². The number of pyridine rings is 1. The maximum Gasteiger partial charge on any atom is 0.219 e. The Balaban J connectivity index is 1.37. The van der Waals surface area contributed by atoms with E-state index in [4.69, 9.17) is 14.5 Å². The number of methoxy groups -OCH3 is 2. The van der Waals surface area contributed by atoms with Crippen LogP contribution in [0, 0.1) is 37.5 Å². The van der Waals surface area contributed by atoms with Gasteiger partial charge in [-0.3, -0.25) is 9.19 Å². The van der Waals surface area contributed by atoms with Gasteiger partial charge in [0, 0.05) is 29.4 Å². The van der Waals surface area contributed by atoms with Gasteiger partial charge in [0.25, 0.3) is 0 Å². The first-order valence-corrected chi connectivity index (χ1v) is 14.0. The zero-order valence-electron chi connectivity index (χ0n) is 20.9. The highest BCUT2D eigenvalue weighted by Crippen LogP contribution is 2.54. The highest BCUT2D eigenvalue weighted by Gasteiger charge is 2.48. The molecule has 0 aliphatic heterocycles. The third-order valence-electron chi connectivity index (χ3n) is 8.56. The van der Waals surface area contributed by atoms with Crippen molar-refractivity contribution in [3.8, 4) is 11.5 Å². The number of aryl methyl sites for hydroxylation is 1. The van der Waals surface area contributed by atoms with Crippen LogP contribution in [0.3, 0.4) is 0 Å². The first-order valence-electron chi connectivity index (χ1n) is 12.7. The van der Waals surface area contributed by atoms with Crippen molar-refractivity contribution in [1.82, 2.24) is 14.6 Å². The Morgan fingerprint density at radius 3 is 2.43 bits per heavy atom. The number of hydrogen-bond acceptors (Lipinski definition) is 6. The molecule has 0 radical (unpaired) electrons. The van der Waals surface area contributed by atoms with Crippen LogP contribution in [0.5, 0.6) is 11.5 Å². The molecule has 0 saturated heterocycles. The second-order valence-electron chi connectivity index (χ2n) is 10.7. The van der Waals surface area contributed by atoms with Crippen molar-refractivity contribution in [2.75, 3.05) is 19.6 Å². The van der Waals surface area contributed by atoms with Crippen LogP contribution >= 0.6 is 0 Å². The lowest BCUT2D eigenvalue weighted by molar-refractivity contribution is 0.00325. The minimum atomic E-state index is -1.39. The summed E-state index contributed by atoms with van der Waals surface area (Å²) in [6.07, 6.45) is 8.48. The summed E-state index contributed by atoms with van der Waals surface area (Å²) in [6.45, 7) is 3.95. The predicted molar refractivity (Wildman–Crippen MR) is 137 cm³/mol. The summed E-state index contributed by atoms with van der Waals surface area (Å²) >= 11 is 0. The fourth-order valence-corrected chi connectivity index (χ4v) is 8.36. The molecule has 3 aromatic rings. The molecule has 186 valence electrons. The quantitative estimate of drug-likeness (QED) is 0.511. The van der Waals surface area contributed by atoms with Crippen molar-refractivity contribution >= 4 is 21.8 Å². The van der Waals surface area contributed by atoms with E-state index in [9.17, 15) is 4.21 Å². The first kappa shape index (κ1) is 22.8. The van der Waals surface area contributed by atoms with E-state index in [2.05, 4.69) is 10.4 Å². The average molecular weight is 495 g/mol. The van der Waals surface area contributed by atoms with Gasteiger partial charge in [0.15, 0.2) is 0 Å². The van der Waals surface area contributed by atoms with Gasteiger partial charge in [-0.25, -0.2) is 9.66 Å². The molecule has 4 aliphatic carbocycles. The Labute approximate surface area is 209 Å².